The molecule has 0 spiro atoms. The second-order valence-corrected chi connectivity index (χ2v) is 2.99. The van der Waals surface area contributed by atoms with Gasteiger partial charge in [0.15, 0.2) is 0 Å². The standard InChI is InChI=1S/C9H13N3/c1-10-7-12-6-4-8-9(12)3-2-5-11-8/h2-3,5,10H,4,6-7H2,1H3. The quantitative estimate of drug-likeness (QED) is 0.692. The van der Waals surface area contributed by atoms with E-state index in [0.29, 0.717) is 0 Å². The maximum Gasteiger partial charge on any atom is 0.0680 e. The van der Waals surface area contributed by atoms with Crippen LogP contribution in [0.25, 0.3) is 0 Å². The van der Waals surface area contributed by atoms with Gasteiger partial charge in [-0.3, -0.25) is 4.98 Å². The molecule has 0 saturated carbocycles. The minimum absolute atomic E-state index is 0.915. The predicted octanol–water partition coefficient (Wildman–Crippen LogP) is 0.621. The summed E-state index contributed by atoms with van der Waals surface area (Å²) in [5.74, 6) is 0. The van der Waals surface area contributed by atoms with Crippen molar-refractivity contribution in [1.82, 2.24) is 10.3 Å². The Balaban J connectivity index is 2.24. The highest BCUT2D eigenvalue weighted by molar-refractivity contribution is 5.54. The van der Waals surface area contributed by atoms with Crippen LogP contribution in [0.15, 0.2) is 18.3 Å². The molecular weight excluding hydrogens is 150 g/mol. The molecule has 64 valence electrons. The van der Waals surface area contributed by atoms with E-state index in [9.17, 15) is 0 Å². The van der Waals surface area contributed by atoms with Crippen molar-refractivity contribution in [3.8, 4) is 0 Å². The van der Waals surface area contributed by atoms with E-state index >= 15 is 0 Å². The van der Waals surface area contributed by atoms with Crippen LogP contribution in [0, 0.1) is 0 Å². The minimum Gasteiger partial charge on any atom is -0.357 e. The molecule has 0 bridgehead atoms. The summed E-state index contributed by atoms with van der Waals surface area (Å²) in [6.07, 6.45) is 2.94. The Kier molecular flexibility index (Phi) is 1.96. The van der Waals surface area contributed by atoms with Gasteiger partial charge < -0.3 is 10.2 Å². The molecule has 2 heterocycles. The molecule has 1 aromatic heterocycles. The second-order valence-electron chi connectivity index (χ2n) is 2.99. The van der Waals surface area contributed by atoms with Crippen molar-refractivity contribution in [1.29, 1.82) is 0 Å². The highest BCUT2D eigenvalue weighted by atomic mass is 15.2. The molecular formula is C9H13N3. The van der Waals surface area contributed by atoms with Crippen molar-refractivity contribution in [2.24, 2.45) is 0 Å². The Morgan fingerprint density at radius 2 is 2.58 bits per heavy atom. The molecule has 0 unspecified atom stereocenters. The first-order chi connectivity index (χ1) is 5.92. The third kappa shape index (κ3) is 1.16. The van der Waals surface area contributed by atoms with Crippen LogP contribution < -0.4 is 10.2 Å². The number of hydrogen-bond donors (Lipinski definition) is 1. The van der Waals surface area contributed by atoms with Gasteiger partial charge in [0.2, 0.25) is 0 Å². The molecule has 0 fully saturated rings. The van der Waals surface area contributed by atoms with Crippen molar-refractivity contribution in [3.05, 3.63) is 24.0 Å². The summed E-state index contributed by atoms with van der Waals surface area (Å²) in [4.78, 5) is 6.63. The first-order valence-electron chi connectivity index (χ1n) is 4.25. The van der Waals surface area contributed by atoms with Crippen molar-refractivity contribution in [2.75, 3.05) is 25.2 Å². The van der Waals surface area contributed by atoms with Gasteiger partial charge in [-0.25, -0.2) is 0 Å². The van der Waals surface area contributed by atoms with Crippen molar-refractivity contribution >= 4 is 5.69 Å². The average molecular weight is 163 g/mol. The third-order valence-electron chi connectivity index (χ3n) is 2.17. The van der Waals surface area contributed by atoms with Gasteiger partial charge in [-0.15, -0.1) is 0 Å². The van der Waals surface area contributed by atoms with E-state index in [1.54, 1.807) is 0 Å². The van der Waals surface area contributed by atoms with E-state index in [2.05, 4.69) is 21.3 Å². The van der Waals surface area contributed by atoms with Gasteiger partial charge in [-0.1, -0.05) is 0 Å². The number of nitrogens with zero attached hydrogens (tertiary/aromatic N) is 2. The third-order valence-corrected chi connectivity index (χ3v) is 2.17. The first-order valence-corrected chi connectivity index (χ1v) is 4.25. The molecule has 1 aliphatic heterocycles. The maximum absolute atomic E-state index is 4.32. The number of hydrogen-bond acceptors (Lipinski definition) is 3. The fourth-order valence-electron chi connectivity index (χ4n) is 1.63. The van der Waals surface area contributed by atoms with Crippen molar-refractivity contribution < 1.29 is 0 Å². The fourth-order valence-corrected chi connectivity index (χ4v) is 1.63. The van der Waals surface area contributed by atoms with Crippen LogP contribution >= 0.6 is 0 Å². The van der Waals surface area contributed by atoms with Crippen LogP contribution in [0.5, 0.6) is 0 Å². The zero-order valence-corrected chi connectivity index (χ0v) is 7.25. The Hall–Kier alpha value is -1.09. The highest BCUT2D eigenvalue weighted by Gasteiger charge is 2.17. The van der Waals surface area contributed by atoms with Crippen LogP contribution in [0.3, 0.4) is 0 Å². The molecule has 0 radical (unpaired) electrons. The minimum atomic E-state index is 0.915. The summed E-state index contributed by atoms with van der Waals surface area (Å²) in [7, 11) is 1.97. The summed E-state index contributed by atoms with van der Waals surface area (Å²) >= 11 is 0. The molecule has 1 aliphatic rings. The van der Waals surface area contributed by atoms with Crippen LogP contribution in [0.1, 0.15) is 5.69 Å². The van der Waals surface area contributed by atoms with Gasteiger partial charge in [-0.2, -0.15) is 0 Å². The molecule has 0 saturated heterocycles. The number of nitrogens with one attached hydrogen (secondary N) is 1. The van der Waals surface area contributed by atoms with Crippen molar-refractivity contribution in [2.45, 2.75) is 6.42 Å². The van der Waals surface area contributed by atoms with Gasteiger partial charge >= 0.3 is 0 Å². The summed E-state index contributed by atoms with van der Waals surface area (Å²) in [5.41, 5.74) is 2.51. The van der Waals surface area contributed by atoms with E-state index in [1.165, 1.54) is 11.4 Å². The number of aromatic nitrogens is 1. The second kappa shape index (κ2) is 3.11. The van der Waals surface area contributed by atoms with Crippen molar-refractivity contribution in [3.63, 3.8) is 0 Å². The Labute approximate surface area is 72.4 Å². The lowest BCUT2D eigenvalue weighted by molar-refractivity contribution is 0.738. The molecule has 3 nitrogen and oxygen atoms in total. The molecule has 1 N–H and O–H groups in total. The van der Waals surface area contributed by atoms with Crippen LogP contribution in [0.4, 0.5) is 5.69 Å². The van der Waals surface area contributed by atoms with E-state index in [4.69, 9.17) is 0 Å². The summed E-state index contributed by atoms with van der Waals surface area (Å²) in [6, 6.07) is 4.12. The molecule has 3 heteroatoms. The summed E-state index contributed by atoms with van der Waals surface area (Å²) in [6.45, 7) is 2.01. The van der Waals surface area contributed by atoms with Gasteiger partial charge in [0.25, 0.3) is 0 Å². The van der Waals surface area contributed by atoms with E-state index in [-0.39, 0.29) is 0 Å². The molecule has 0 amide bonds. The summed E-state index contributed by atoms with van der Waals surface area (Å²) < 4.78 is 0. The SMILES string of the molecule is CNCN1CCc2ncccc21. The molecule has 0 aromatic carbocycles. The lowest BCUT2D eigenvalue weighted by atomic mass is 10.3. The fraction of sp³-hybridized carbons (Fsp3) is 0.444. The monoisotopic (exact) mass is 163 g/mol. The molecule has 0 aliphatic carbocycles. The van der Waals surface area contributed by atoms with E-state index < -0.39 is 0 Å². The van der Waals surface area contributed by atoms with E-state index in [0.717, 1.165) is 19.6 Å². The topological polar surface area (TPSA) is 28.2 Å². The number of fused-ring (bicyclic) bond motifs is 1. The molecule has 1 aromatic rings. The Morgan fingerprint density at radius 3 is 3.42 bits per heavy atom. The predicted molar refractivity (Wildman–Crippen MR) is 49.2 cm³/mol. The largest absolute Gasteiger partial charge is 0.357 e. The molecule has 0 atom stereocenters. The first kappa shape index (κ1) is 7.55. The molecule has 2 rings (SSSR count). The number of pyridine rings is 1. The smallest absolute Gasteiger partial charge is 0.0680 e. The number of rotatable bonds is 2. The molecule has 12 heavy (non-hydrogen) atoms. The van der Waals surface area contributed by atoms with Gasteiger partial charge in [0.1, 0.15) is 0 Å². The zero-order chi connectivity index (χ0) is 8.39. The van der Waals surface area contributed by atoms with E-state index in [1.807, 2.05) is 19.3 Å². The lowest BCUT2D eigenvalue weighted by Gasteiger charge is -2.17. The Bertz CT molecular complexity index is 270. The van der Waals surface area contributed by atoms with Crippen LogP contribution in [-0.2, 0) is 6.42 Å². The highest BCUT2D eigenvalue weighted by Crippen LogP contribution is 2.24. The average Bonchev–Trinajstić information content (AvgIpc) is 2.50. The van der Waals surface area contributed by atoms with Gasteiger partial charge in [0.05, 0.1) is 18.1 Å². The van der Waals surface area contributed by atoms with Gasteiger partial charge in [0, 0.05) is 19.2 Å². The van der Waals surface area contributed by atoms with Crippen LogP contribution in [0.2, 0.25) is 0 Å². The summed E-state index contributed by atoms with van der Waals surface area (Å²) in [5, 5.41) is 3.15. The Morgan fingerprint density at radius 1 is 1.67 bits per heavy atom. The lowest BCUT2D eigenvalue weighted by Crippen LogP contribution is -2.30. The van der Waals surface area contributed by atoms with Crippen LogP contribution in [-0.4, -0.2) is 25.2 Å². The van der Waals surface area contributed by atoms with Gasteiger partial charge in [-0.05, 0) is 19.2 Å². The zero-order valence-electron chi connectivity index (χ0n) is 7.25. The normalized spacial score (nSPS) is 14.9. The number of anilines is 1. The maximum atomic E-state index is 4.32.